The maximum absolute atomic E-state index is 13.1. The lowest BCUT2D eigenvalue weighted by Gasteiger charge is -2.21. The summed E-state index contributed by atoms with van der Waals surface area (Å²) in [6.45, 7) is 9.55. The zero-order valence-electron chi connectivity index (χ0n) is 61.3. The molecule has 0 bridgehead atoms. The van der Waals surface area contributed by atoms with Gasteiger partial charge in [0, 0.05) is 25.7 Å². The number of hydrogen-bond acceptors (Lipinski definition) is 15. The Morgan fingerprint density at radius 1 is 0.287 bits per heavy atom. The van der Waals surface area contributed by atoms with Crippen LogP contribution in [0.25, 0.3) is 0 Å². The molecule has 0 rings (SSSR count). The van der Waals surface area contributed by atoms with Gasteiger partial charge in [-0.1, -0.05) is 337 Å². The van der Waals surface area contributed by atoms with E-state index in [1.807, 2.05) is 0 Å². The number of phosphoric ester groups is 2. The maximum Gasteiger partial charge on any atom is 0.472 e. The average molecular weight is 1380 g/mol. The fourth-order valence-electron chi connectivity index (χ4n) is 11.5. The van der Waals surface area contributed by atoms with Gasteiger partial charge in [-0.3, -0.25) is 37.3 Å². The zero-order valence-corrected chi connectivity index (χ0v) is 63.1. The summed E-state index contributed by atoms with van der Waals surface area (Å²) in [5.74, 6) is -0.610. The van der Waals surface area contributed by atoms with Crippen LogP contribution in [0.15, 0.2) is 0 Å². The molecule has 0 aliphatic carbocycles. The van der Waals surface area contributed by atoms with Gasteiger partial charge in [0.1, 0.15) is 19.3 Å². The van der Waals surface area contributed by atoms with Crippen LogP contribution >= 0.6 is 15.6 Å². The Morgan fingerprint density at radius 3 is 0.723 bits per heavy atom. The minimum absolute atomic E-state index is 0.105. The van der Waals surface area contributed by atoms with E-state index in [0.717, 1.165) is 102 Å². The summed E-state index contributed by atoms with van der Waals surface area (Å²) in [7, 11) is -9.91. The number of ether oxygens (including phenoxy) is 4. The molecule has 17 nitrogen and oxygen atoms in total. The highest BCUT2D eigenvalue weighted by Crippen LogP contribution is 2.45. The molecule has 0 aromatic rings. The van der Waals surface area contributed by atoms with Crippen molar-refractivity contribution >= 4 is 39.5 Å². The molecule has 5 atom stereocenters. The molecular weight excluding hydrogens is 1230 g/mol. The van der Waals surface area contributed by atoms with Crippen LogP contribution in [0.5, 0.6) is 0 Å². The molecule has 0 aliphatic heterocycles. The number of aliphatic hydroxyl groups excluding tert-OH is 1. The SMILES string of the molecule is CCCCCCCCCCCCCCCCCCCCC(=O)O[C@H](COC(=O)CCCCCCCCCCCCCCCC(C)C)COP(=O)(O)OC[C@@H](O)COP(=O)(O)OC[C@@H](COC(=O)CCCCCCCCCCC)OC(=O)CCCCCCCCCCC(C)C. The van der Waals surface area contributed by atoms with Gasteiger partial charge in [-0.25, -0.2) is 9.13 Å². The van der Waals surface area contributed by atoms with Crippen molar-refractivity contribution in [1.82, 2.24) is 0 Å². The summed E-state index contributed by atoms with van der Waals surface area (Å²) >= 11 is 0. The lowest BCUT2D eigenvalue weighted by Crippen LogP contribution is -2.30. The topological polar surface area (TPSA) is 237 Å². The smallest absolute Gasteiger partial charge is 0.462 e. The van der Waals surface area contributed by atoms with Crippen LogP contribution in [0.1, 0.15) is 388 Å². The van der Waals surface area contributed by atoms with Crippen LogP contribution in [-0.4, -0.2) is 96.7 Å². The van der Waals surface area contributed by atoms with E-state index in [0.29, 0.717) is 25.7 Å². The van der Waals surface area contributed by atoms with E-state index in [4.69, 9.17) is 37.0 Å². The van der Waals surface area contributed by atoms with Crippen molar-refractivity contribution in [3.63, 3.8) is 0 Å². The molecule has 0 amide bonds. The monoisotopic (exact) mass is 1380 g/mol. The van der Waals surface area contributed by atoms with E-state index in [2.05, 4.69) is 41.5 Å². The van der Waals surface area contributed by atoms with Crippen molar-refractivity contribution in [1.29, 1.82) is 0 Å². The van der Waals surface area contributed by atoms with Crippen molar-refractivity contribution in [3.8, 4) is 0 Å². The molecule has 558 valence electrons. The molecule has 0 radical (unpaired) electrons. The number of aliphatic hydroxyl groups is 1. The Kier molecular flexibility index (Phi) is 65.5. The molecule has 0 aromatic heterocycles. The standard InChI is InChI=1S/C75H146O17P2/c1-7-9-11-13-15-17-18-19-20-21-22-23-26-30-34-41-47-53-59-74(79)91-70(64-86-73(78)58-52-46-40-33-29-27-24-25-28-32-37-43-49-55-67(3)4)65-89-93(81,82)87-61-69(76)62-88-94(83,84)90-66-71(63-85-72(77)57-51-45-39-31-16-14-12-10-8-2)92-75(80)60-54-48-42-36-35-38-44-50-56-68(5)6/h67-71,76H,7-66H2,1-6H3,(H,81,82)(H,83,84)/t69-,70-,71-/m1/s1. The van der Waals surface area contributed by atoms with Crippen molar-refractivity contribution in [3.05, 3.63) is 0 Å². The fourth-order valence-corrected chi connectivity index (χ4v) is 13.1. The first-order chi connectivity index (χ1) is 45.4. The van der Waals surface area contributed by atoms with Crippen LogP contribution in [0.3, 0.4) is 0 Å². The van der Waals surface area contributed by atoms with E-state index in [9.17, 15) is 43.2 Å². The van der Waals surface area contributed by atoms with E-state index in [1.165, 1.54) is 205 Å². The van der Waals surface area contributed by atoms with Crippen molar-refractivity contribution in [2.45, 2.75) is 407 Å². The fraction of sp³-hybridized carbons (Fsp3) is 0.947. The lowest BCUT2D eigenvalue weighted by molar-refractivity contribution is -0.161. The first-order valence-electron chi connectivity index (χ1n) is 39.0. The van der Waals surface area contributed by atoms with Gasteiger partial charge < -0.3 is 33.8 Å². The molecule has 94 heavy (non-hydrogen) atoms. The Labute approximate surface area is 575 Å². The van der Waals surface area contributed by atoms with E-state index < -0.39 is 97.5 Å². The van der Waals surface area contributed by atoms with Gasteiger partial charge in [-0.15, -0.1) is 0 Å². The number of phosphoric acid groups is 2. The molecule has 0 fully saturated rings. The Morgan fingerprint density at radius 2 is 0.489 bits per heavy atom. The van der Waals surface area contributed by atoms with Gasteiger partial charge in [0.15, 0.2) is 12.2 Å². The molecule has 0 aliphatic rings. The number of esters is 4. The number of rotatable bonds is 74. The second kappa shape index (κ2) is 66.9. The van der Waals surface area contributed by atoms with Crippen LogP contribution in [-0.2, 0) is 65.4 Å². The van der Waals surface area contributed by atoms with Crippen molar-refractivity contribution in [2.75, 3.05) is 39.6 Å². The van der Waals surface area contributed by atoms with Crippen molar-refractivity contribution in [2.24, 2.45) is 11.8 Å². The highest BCUT2D eigenvalue weighted by Gasteiger charge is 2.30. The minimum atomic E-state index is -4.96. The molecule has 2 unspecified atom stereocenters. The van der Waals surface area contributed by atoms with Gasteiger partial charge in [0.2, 0.25) is 0 Å². The number of carbonyl (C=O) groups is 4. The Balaban J connectivity index is 5.22. The third-order valence-electron chi connectivity index (χ3n) is 17.5. The summed E-state index contributed by atoms with van der Waals surface area (Å²) < 4.78 is 68.4. The Hall–Kier alpha value is -1.94. The zero-order chi connectivity index (χ0) is 69.3. The summed E-state index contributed by atoms with van der Waals surface area (Å²) in [5.41, 5.74) is 0. The summed E-state index contributed by atoms with van der Waals surface area (Å²) in [6.07, 6.45) is 54.2. The summed E-state index contributed by atoms with van der Waals surface area (Å²) in [5, 5.41) is 10.6. The van der Waals surface area contributed by atoms with Gasteiger partial charge >= 0.3 is 39.5 Å². The molecular formula is C75H146O17P2. The van der Waals surface area contributed by atoms with Crippen LogP contribution < -0.4 is 0 Å². The summed E-state index contributed by atoms with van der Waals surface area (Å²) in [4.78, 5) is 72.7. The third-order valence-corrected chi connectivity index (χ3v) is 19.4. The molecule has 0 heterocycles. The second-order valence-corrected chi connectivity index (χ2v) is 30.9. The molecule has 0 saturated heterocycles. The van der Waals surface area contributed by atoms with Gasteiger partial charge in [-0.05, 0) is 37.5 Å². The predicted octanol–water partition coefficient (Wildman–Crippen LogP) is 21.9. The van der Waals surface area contributed by atoms with Crippen LogP contribution in [0.2, 0.25) is 0 Å². The predicted molar refractivity (Wildman–Crippen MR) is 381 cm³/mol. The second-order valence-electron chi connectivity index (χ2n) is 28.0. The lowest BCUT2D eigenvalue weighted by atomic mass is 10.0. The maximum atomic E-state index is 13.1. The molecule has 0 spiro atoms. The van der Waals surface area contributed by atoms with Crippen molar-refractivity contribution < 1.29 is 80.2 Å². The van der Waals surface area contributed by atoms with Crippen LogP contribution in [0.4, 0.5) is 0 Å². The molecule has 19 heteroatoms. The quantitative estimate of drug-likeness (QED) is 0.0222. The van der Waals surface area contributed by atoms with E-state index in [-0.39, 0.29) is 25.7 Å². The molecule has 0 saturated carbocycles. The number of unbranched alkanes of at least 4 members (excludes halogenated alkanes) is 44. The van der Waals surface area contributed by atoms with Gasteiger partial charge in [0.05, 0.1) is 26.4 Å². The molecule has 0 aromatic carbocycles. The van der Waals surface area contributed by atoms with Gasteiger partial charge in [0.25, 0.3) is 0 Å². The number of carbonyl (C=O) groups excluding carboxylic acids is 4. The molecule has 3 N–H and O–H groups in total. The summed E-state index contributed by atoms with van der Waals surface area (Å²) in [6, 6.07) is 0. The normalized spacial score (nSPS) is 14.0. The first-order valence-corrected chi connectivity index (χ1v) is 42.0. The largest absolute Gasteiger partial charge is 0.472 e. The van der Waals surface area contributed by atoms with Crippen LogP contribution in [0, 0.1) is 11.8 Å². The number of hydrogen-bond donors (Lipinski definition) is 3. The van der Waals surface area contributed by atoms with Gasteiger partial charge in [-0.2, -0.15) is 0 Å². The highest BCUT2D eigenvalue weighted by atomic mass is 31.2. The third kappa shape index (κ3) is 68.6. The minimum Gasteiger partial charge on any atom is -0.462 e. The van der Waals surface area contributed by atoms with E-state index in [1.54, 1.807) is 0 Å². The first kappa shape index (κ1) is 92.1. The average Bonchev–Trinajstić information content (AvgIpc) is 1.98. The highest BCUT2D eigenvalue weighted by molar-refractivity contribution is 7.47. The Bertz CT molecular complexity index is 1820. The van der Waals surface area contributed by atoms with E-state index >= 15 is 0 Å².